The predicted octanol–water partition coefficient (Wildman–Crippen LogP) is 2.76. The van der Waals surface area contributed by atoms with Crippen LogP contribution in [-0.4, -0.2) is 50.3 Å². The third-order valence-corrected chi connectivity index (χ3v) is 5.43. The number of fused-ring (bicyclic) bond motifs is 1. The first-order valence-electron chi connectivity index (χ1n) is 10.2. The molecule has 3 aromatic rings. The SMILES string of the molecule is Cc1cc(C(=O)NCC2CCN(c3ncccn3)CC2)c2cnn(C(C)C)c2n1. The summed E-state index contributed by atoms with van der Waals surface area (Å²) >= 11 is 0. The summed E-state index contributed by atoms with van der Waals surface area (Å²) < 4.78 is 1.86. The first-order chi connectivity index (χ1) is 14.0. The Labute approximate surface area is 170 Å². The van der Waals surface area contributed by atoms with E-state index in [1.165, 1.54) is 0 Å². The third-order valence-electron chi connectivity index (χ3n) is 5.43. The summed E-state index contributed by atoms with van der Waals surface area (Å²) in [4.78, 5) is 28.4. The fraction of sp³-hybridized carbons (Fsp3) is 0.476. The van der Waals surface area contributed by atoms with Gasteiger partial charge in [-0.3, -0.25) is 4.79 Å². The minimum absolute atomic E-state index is 0.0578. The van der Waals surface area contributed by atoms with Gasteiger partial charge in [0.2, 0.25) is 5.95 Å². The average Bonchev–Trinajstić information content (AvgIpc) is 3.16. The Balaban J connectivity index is 1.39. The molecule has 1 saturated heterocycles. The van der Waals surface area contributed by atoms with E-state index in [-0.39, 0.29) is 11.9 Å². The second-order valence-electron chi connectivity index (χ2n) is 7.92. The van der Waals surface area contributed by atoms with Gasteiger partial charge in [-0.05, 0) is 51.7 Å². The molecular weight excluding hydrogens is 366 g/mol. The molecule has 4 rings (SSSR count). The molecule has 8 nitrogen and oxygen atoms in total. The zero-order valence-corrected chi connectivity index (χ0v) is 17.2. The number of carbonyl (C=O) groups excluding carboxylic acids is 1. The molecule has 0 radical (unpaired) electrons. The first-order valence-corrected chi connectivity index (χ1v) is 10.2. The zero-order chi connectivity index (χ0) is 20.4. The van der Waals surface area contributed by atoms with Crippen LogP contribution in [0.3, 0.4) is 0 Å². The molecule has 0 spiro atoms. The molecule has 0 aromatic carbocycles. The summed E-state index contributed by atoms with van der Waals surface area (Å²) in [7, 11) is 0. The van der Waals surface area contributed by atoms with Gasteiger partial charge in [-0.1, -0.05) is 0 Å². The number of nitrogens with zero attached hydrogens (tertiary/aromatic N) is 6. The van der Waals surface area contributed by atoms with Gasteiger partial charge in [0.15, 0.2) is 5.65 Å². The van der Waals surface area contributed by atoms with Crippen LogP contribution >= 0.6 is 0 Å². The van der Waals surface area contributed by atoms with E-state index in [4.69, 9.17) is 0 Å². The number of carbonyl (C=O) groups is 1. The Bertz CT molecular complexity index is 991. The normalized spacial score (nSPS) is 15.2. The van der Waals surface area contributed by atoms with Gasteiger partial charge in [-0.2, -0.15) is 5.10 Å². The second-order valence-corrected chi connectivity index (χ2v) is 7.92. The Morgan fingerprint density at radius 2 is 1.97 bits per heavy atom. The maximum atomic E-state index is 12.9. The number of aryl methyl sites for hydroxylation is 1. The summed E-state index contributed by atoms with van der Waals surface area (Å²) in [5, 5.41) is 8.35. The van der Waals surface area contributed by atoms with E-state index in [0.717, 1.165) is 48.6 Å². The summed E-state index contributed by atoms with van der Waals surface area (Å²) in [6.45, 7) is 8.51. The Kier molecular flexibility index (Phi) is 5.42. The van der Waals surface area contributed by atoms with Gasteiger partial charge >= 0.3 is 0 Å². The van der Waals surface area contributed by atoms with Crippen molar-refractivity contribution in [3.05, 3.63) is 42.0 Å². The maximum absolute atomic E-state index is 12.9. The highest BCUT2D eigenvalue weighted by atomic mass is 16.1. The molecule has 152 valence electrons. The van der Waals surface area contributed by atoms with Gasteiger partial charge in [0.1, 0.15) is 0 Å². The molecule has 1 N–H and O–H groups in total. The predicted molar refractivity (Wildman–Crippen MR) is 112 cm³/mol. The van der Waals surface area contributed by atoms with Crippen LogP contribution in [-0.2, 0) is 0 Å². The topological polar surface area (TPSA) is 88.8 Å². The van der Waals surface area contributed by atoms with Crippen LogP contribution < -0.4 is 10.2 Å². The van der Waals surface area contributed by atoms with Crippen molar-refractivity contribution in [2.24, 2.45) is 5.92 Å². The third kappa shape index (κ3) is 4.06. The number of rotatable bonds is 5. The second kappa shape index (κ2) is 8.14. The van der Waals surface area contributed by atoms with E-state index in [1.807, 2.05) is 23.7 Å². The van der Waals surface area contributed by atoms with E-state index in [0.29, 0.717) is 18.0 Å². The van der Waals surface area contributed by atoms with Crippen molar-refractivity contribution in [3.8, 4) is 0 Å². The molecule has 1 aliphatic heterocycles. The Hall–Kier alpha value is -3.03. The minimum Gasteiger partial charge on any atom is -0.352 e. The van der Waals surface area contributed by atoms with Gasteiger partial charge in [0, 0.05) is 43.8 Å². The van der Waals surface area contributed by atoms with Gasteiger partial charge in [0.05, 0.1) is 17.1 Å². The van der Waals surface area contributed by atoms with E-state index < -0.39 is 0 Å². The number of hydrogen-bond acceptors (Lipinski definition) is 6. The fourth-order valence-electron chi connectivity index (χ4n) is 3.83. The summed E-state index contributed by atoms with van der Waals surface area (Å²) in [6.07, 6.45) is 7.30. The van der Waals surface area contributed by atoms with Gasteiger partial charge in [-0.15, -0.1) is 0 Å². The van der Waals surface area contributed by atoms with Crippen LogP contribution in [0.1, 0.15) is 48.8 Å². The molecule has 3 aromatic heterocycles. The Morgan fingerprint density at radius 3 is 2.66 bits per heavy atom. The van der Waals surface area contributed by atoms with E-state index >= 15 is 0 Å². The lowest BCUT2D eigenvalue weighted by Crippen LogP contribution is -2.39. The van der Waals surface area contributed by atoms with Gasteiger partial charge in [0.25, 0.3) is 5.91 Å². The van der Waals surface area contributed by atoms with Crippen molar-refractivity contribution in [2.45, 2.75) is 39.7 Å². The Morgan fingerprint density at radius 1 is 1.24 bits per heavy atom. The molecule has 4 heterocycles. The lowest BCUT2D eigenvalue weighted by atomic mass is 9.97. The standard InChI is InChI=1S/C21H27N7O/c1-14(2)28-19-18(13-25-28)17(11-15(3)26-19)20(29)24-12-16-5-9-27(10-6-16)21-22-7-4-8-23-21/h4,7-8,11,13-14,16H,5-6,9-10,12H2,1-3H3,(H,24,29). The summed E-state index contributed by atoms with van der Waals surface area (Å²) in [5.74, 6) is 1.18. The van der Waals surface area contributed by atoms with Crippen molar-refractivity contribution in [1.29, 1.82) is 0 Å². The summed E-state index contributed by atoms with van der Waals surface area (Å²) in [5.41, 5.74) is 2.23. The number of anilines is 1. The van der Waals surface area contributed by atoms with E-state index in [1.54, 1.807) is 18.6 Å². The molecule has 0 bridgehead atoms. The smallest absolute Gasteiger partial charge is 0.252 e. The van der Waals surface area contributed by atoms with Crippen LogP contribution in [0, 0.1) is 12.8 Å². The molecule has 1 amide bonds. The van der Waals surface area contributed by atoms with Crippen molar-refractivity contribution in [2.75, 3.05) is 24.5 Å². The van der Waals surface area contributed by atoms with Crippen LogP contribution in [0.15, 0.2) is 30.7 Å². The molecule has 29 heavy (non-hydrogen) atoms. The number of hydrogen-bond donors (Lipinski definition) is 1. The monoisotopic (exact) mass is 393 g/mol. The van der Waals surface area contributed by atoms with Crippen molar-refractivity contribution in [3.63, 3.8) is 0 Å². The molecule has 0 atom stereocenters. The lowest BCUT2D eigenvalue weighted by Gasteiger charge is -2.31. The highest BCUT2D eigenvalue weighted by Crippen LogP contribution is 2.22. The van der Waals surface area contributed by atoms with E-state index in [9.17, 15) is 4.79 Å². The number of nitrogens with one attached hydrogen (secondary N) is 1. The maximum Gasteiger partial charge on any atom is 0.252 e. The minimum atomic E-state index is -0.0578. The van der Waals surface area contributed by atoms with Crippen LogP contribution in [0.5, 0.6) is 0 Å². The molecular formula is C21H27N7O. The molecule has 0 unspecified atom stereocenters. The molecule has 0 saturated carbocycles. The zero-order valence-electron chi connectivity index (χ0n) is 17.2. The average molecular weight is 393 g/mol. The van der Waals surface area contributed by atoms with Crippen LogP contribution in [0.25, 0.3) is 11.0 Å². The molecule has 1 aliphatic rings. The largest absolute Gasteiger partial charge is 0.352 e. The number of aromatic nitrogens is 5. The highest BCUT2D eigenvalue weighted by Gasteiger charge is 2.22. The van der Waals surface area contributed by atoms with Crippen molar-refractivity contribution >= 4 is 22.9 Å². The van der Waals surface area contributed by atoms with E-state index in [2.05, 4.69) is 44.1 Å². The number of amides is 1. The summed E-state index contributed by atoms with van der Waals surface area (Å²) in [6, 6.07) is 3.87. The molecule has 8 heteroatoms. The quantitative estimate of drug-likeness (QED) is 0.717. The van der Waals surface area contributed by atoms with Gasteiger partial charge < -0.3 is 10.2 Å². The highest BCUT2D eigenvalue weighted by molar-refractivity contribution is 6.05. The first kappa shape index (κ1) is 19.3. The van der Waals surface area contributed by atoms with Crippen molar-refractivity contribution in [1.82, 2.24) is 30.0 Å². The number of pyridine rings is 1. The fourth-order valence-corrected chi connectivity index (χ4v) is 3.83. The van der Waals surface area contributed by atoms with Crippen LogP contribution in [0.2, 0.25) is 0 Å². The molecule has 0 aliphatic carbocycles. The van der Waals surface area contributed by atoms with Crippen molar-refractivity contribution < 1.29 is 4.79 Å². The molecule has 1 fully saturated rings. The van der Waals surface area contributed by atoms with Gasteiger partial charge in [-0.25, -0.2) is 19.6 Å². The van der Waals surface area contributed by atoms with Crippen LogP contribution in [0.4, 0.5) is 5.95 Å². The number of piperidine rings is 1. The lowest BCUT2D eigenvalue weighted by molar-refractivity contribution is 0.0946.